The monoisotopic (exact) mass is 674 g/mol. The number of nitrogens with zero attached hydrogens (tertiary/aromatic N) is 4. The van der Waals surface area contributed by atoms with Crippen LogP contribution in [0.2, 0.25) is 0 Å². The molecule has 6 rings (SSSR count). The summed E-state index contributed by atoms with van der Waals surface area (Å²) in [6.07, 6.45) is 5.24. The number of nitrogens with one attached hydrogen (secondary N) is 2. The van der Waals surface area contributed by atoms with Crippen LogP contribution in [0.25, 0.3) is 0 Å². The average molecular weight is 675 g/mol. The van der Waals surface area contributed by atoms with Crippen molar-refractivity contribution in [2.45, 2.75) is 52.0 Å². The van der Waals surface area contributed by atoms with Crippen LogP contribution in [0.5, 0.6) is 11.5 Å². The lowest BCUT2D eigenvalue weighted by molar-refractivity contribution is -0.445. The van der Waals surface area contributed by atoms with E-state index in [-0.39, 0.29) is 23.7 Å². The Labute approximate surface area is 290 Å². The Balaban J connectivity index is 1.46. The number of hydrogen-bond acceptors (Lipinski definition) is 9. The maximum absolute atomic E-state index is 14.5. The Morgan fingerprint density at radius 3 is 2.36 bits per heavy atom. The van der Waals surface area contributed by atoms with E-state index in [2.05, 4.69) is 20.6 Å². The van der Waals surface area contributed by atoms with E-state index >= 15 is 0 Å². The summed E-state index contributed by atoms with van der Waals surface area (Å²) in [5, 5.41) is 10.9. The number of aromatic nitrogens is 2. The number of benzene rings is 3. The maximum Gasteiger partial charge on any atom is 0.701 e. The molecule has 13 heteroatoms. The molecule has 2 aliphatic rings. The first-order valence-electron chi connectivity index (χ1n) is 16.7. The van der Waals surface area contributed by atoms with Gasteiger partial charge in [-0.05, 0) is 35.1 Å². The molecule has 0 saturated carbocycles. The van der Waals surface area contributed by atoms with Crippen LogP contribution in [0.3, 0.4) is 0 Å². The molecule has 50 heavy (non-hydrogen) atoms. The van der Waals surface area contributed by atoms with Gasteiger partial charge in [0, 0.05) is 36.9 Å². The number of amides is 2. The largest absolute Gasteiger partial charge is 0.701 e. The van der Waals surface area contributed by atoms with Crippen LogP contribution in [-0.4, -0.2) is 69.5 Å². The van der Waals surface area contributed by atoms with Crippen molar-refractivity contribution in [2.75, 3.05) is 7.11 Å². The van der Waals surface area contributed by atoms with Gasteiger partial charge in [0.05, 0.1) is 30.6 Å². The van der Waals surface area contributed by atoms with E-state index in [0.717, 1.165) is 16.8 Å². The first-order chi connectivity index (χ1) is 24.2. The summed E-state index contributed by atoms with van der Waals surface area (Å²) in [7, 11) is 1.56. The Morgan fingerprint density at radius 1 is 0.960 bits per heavy atom. The number of hydrogen-bond donors (Lipinski definition) is 2. The molecule has 1 aromatic heterocycles. The minimum Gasteiger partial charge on any atom is -0.620 e. The molecule has 2 N–H and O–H groups in total. The van der Waals surface area contributed by atoms with Gasteiger partial charge in [0.15, 0.2) is 5.71 Å². The average Bonchev–Trinajstić information content (AvgIpc) is 3.13. The first-order valence-corrected chi connectivity index (χ1v) is 16.7. The van der Waals surface area contributed by atoms with Crippen molar-refractivity contribution in [1.29, 1.82) is 0 Å². The van der Waals surface area contributed by atoms with Crippen molar-refractivity contribution in [3.05, 3.63) is 120 Å². The van der Waals surface area contributed by atoms with E-state index < -0.39 is 36.5 Å². The molecule has 2 aliphatic heterocycles. The van der Waals surface area contributed by atoms with Gasteiger partial charge >= 0.3 is 12.7 Å². The molecule has 4 aromatic rings. The first kappa shape index (κ1) is 34.0. The van der Waals surface area contributed by atoms with Gasteiger partial charge in [-0.3, -0.25) is 14.6 Å². The third kappa shape index (κ3) is 6.98. The smallest absolute Gasteiger partial charge is 0.620 e. The Kier molecular flexibility index (Phi) is 10.0. The molecule has 0 fully saturated rings. The third-order valence-corrected chi connectivity index (χ3v) is 8.73. The quantitative estimate of drug-likeness (QED) is 0.214. The number of hydrazone groups is 1. The third-order valence-electron chi connectivity index (χ3n) is 8.73. The molecule has 3 atom stereocenters. The summed E-state index contributed by atoms with van der Waals surface area (Å²) < 4.78 is 20.4. The van der Waals surface area contributed by atoms with E-state index in [0.29, 0.717) is 29.9 Å². The van der Waals surface area contributed by atoms with E-state index in [1.165, 1.54) is 18.6 Å². The van der Waals surface area contributed by atoms with Gasteiger partial charge in [-0.15, -0.1) is 0 Å². The fourth-order valence-electron chi connectivity index (χ4n) is 6.40. The summed E-state index contributed by atoms with van der Waals surface area (Å²) in [6, 6.07) is 22.9. The Morgan fingerprint density at radius 2 is 1.70 bits per heavy atom. The van der Waals surface area contributed by atoms with Crippen molar-refractivity contribution in [2.24, 2.45) is 11.0 Å². The summed E-state index contributed by atoms with van der Waals surface area (Å²) in [5.74, 6) is -1.65. The minimum atomic E-state index is -2.89. The van der Waals surface area contributed by atoms with Gasteiger partial charge in [-0.2, -0.15) is 0 Å². The number of carbonyl (C=O) groups is 3. The van der Waals surface area contributed by atoms with Gasteiger partial charge in [-0.25, -0.2) is 14.4 Å². The Hall–Kier alpha value is -5.85. The van der Waals surface area contributed by atoms with Crippen LogP contribution in [0.4, 0.5) is 0 Å². The number of carbonyl (C=O) groups excluding carboxylic acids is 3. The van der Waals surface area contributed by atoms with Gasteiger partial charge in [0.1, 0.15) is 17.5 Å². The molecule has 0 spiro atoms. The van der Waals surface area contributed by atoms with Crippen molar-refractivity contribution in [3.63, 3.8) is 0 Å². The molecule has 2 amide bonds. The highest BCUT2D eigenvalue weighted by Crippen LogP contribution is 2.37. The van der Waals surface area contributed by atoms with Crippen LogP contribution in [0, 0.1) is 5.92 Å². The molecule has 0 saturated heterocycles. The normalized spacial score (nSPS) is 17.7. The van der Waals surface area contributed by atoms with E-state index in [4.69, 9.17) is 19.1 Å². The van der Waals surface area contributed by atoms with Gasteiger partial charge in [-0.1, -0.05) is 81.4 Å². The standard InChI is InChI=1S/C37H39BN6O6/c1-5-31-28-17-16-27(48-4)22-32(28)49-38(44(31)43-34(37(47)50-38)26-14-10-7-11-15-26)33(20-24(2)3)42-35(45)29(21-25-12-8-6-9-13-25)41-36(46)30-23-39-18-19-40-30/h6-19,22-24,29,33H,5,20-21H2,1-4H3,(H,41,46)(H,42,45)/t29-,33+,38?/m1/s1. The second-order valence-electron chi connectivity index (χ2n) is 12.6. The molecule has 12 nitrogen and oxygen atoms in total. The number of fused-ring (bicyclic) bond motifs is 2. The van der Waals surface area contributed by atoms with Gasteiger partial charge < -0.3 is 24.7 Å². The van der Waals surface area contributed by atoms with Crippen LogP contribution in [0.15, 0.2) is 103 Å². The van der Waals surface area contributed by atoms with E-state index in [1.54, 1.807) is 29.9 Å². The zero-order valence-electron chi connectivity index (χ0n) is 28.4. The highest BCUT2D eigenvalue weighted by atomic mass is 16.7. The highest BCUT2D eigenvalue weighted by Gasteiger charge is 2.63. The zero-order valence-corrected chi connectivity index (χ0v) is 28.4. The number of ether oxygens (including phenoxy) is 1. The van der Waals surface area contributed by atoms with E-state index in [1.807, 2.05) is 81.4 Å². The predicted octanol–water partition coefficient (Wildman–Crippen LogP) is 4.10. The Bertz CT molecular complexity index is 1940. The maximum atomic E-state index is 14.5. The van der Waals surface area contributed by atoms with Crippen LogP contribution in [0.1, 0.15) is 60.8 Å². The molecule has 0 radical (unpaired) electrons. The zero-order chi connectivity index (χ0) is 35.3. The van der Waals surface area contributed by atoms with Gasteiger partial charge in [0.2, 0.25) is 11.6 Å². The van der Waals surface area contributed by atoms with Crippen LogP contribution >= 0.6 is 0 Å². The molecule has 256 valence electrons. The number of rotatable bonds is 12. The molecule has 1 unspecified atom stereocenters. The summed E-state index contributed by atoms with van der Waals surface area (Å²) in [4.78, 5) is 49.8. The topological polar surface area (TPSA) is 144 Å². The van der Waals surface area contributed by atoms with Gasteiger partial charge in [0.25, 0.3) is 5.91 Å². The van der Waals surface area contributed by atoms with Crippen molar-refractivity contribution in [3.8, 4) is 11.5 Å². The predicted molar refractivity (Wildman–Crippen MR) is 188 cm³/mol. The summed E-state index contributed by atoms with van der Waals surface area (Å²) in [5.41, 5.74) is 3.09. The van der Waals surface area contributed by atoms with Crippen LogP contribution < -0.4 is 20.0 Å². The molecular formula is C37H39BN6O6. The fraction of sp³-hybridized carbons (Fsp3) is 0.270. The fourth-order valence-corrected chi connectivity index (χ4v) is 6.40. The second kappa shape index (κ2) is 14.7. The van der Waals surface area contributed by atoms with Crippen molar-refractivity contribution < 1.29 is 33.0 Å². The lowest BCUT2D eigenvalue weighted by atomic mass is 9.58. The molecular weight excluding hydrogens is 635 g/mol. The summed E-state index contributed by atoms with van der Waals surface area (Å²) in [6.45, 7) is 3.10. The van der Waals surface area contributed by atoms with Crippen LogP contribution in [-0.2, 0) is 20.7 Å². The molecule has 3 heterocycles. The van der Waals surface area contributed by atoms with Crippen molar-refractivity contribution >= 4 is 35.9 Å². The molecule has 0 bridgehead atoms. The highest BCUT2D eigenvalue weighted by molar-refractivity contribution is 6.68. The van der Waals surface area contributed by atoms with Crippen molar-refractivity contribution in [1.82, 2.24) is 20.6 Å². The second-order valence-corrected chi connectivity index (χ2v) is 12.6. The van der Waals surface area contributed by atoms with E-state index in [9.17, 15) is 14.4 Å². The number of methoxy groups -OCH3 is 1. The lowest BCUT2D eigenvalue weighted by Crippen LogP contribution is -2.74. The summed E-state index contributed by atoms with van der Waals surface area (Å²) >= 11 is 0. The lowest BCUT2D eigenvalue weighted by Gasteiger charge is -2.45. The molecule has 0 aliphatic carbocycles. The minimum absolute atomic E-state index is 0.0127. The molecule has 3 aromatic carbocycles. The SMILES string of the molecule is CCC1=[N+]2N=C(c3ccccc3)C(=O)O[B-]2([C@H](CC(C)C)NC(=O)[C@@H](Cc2ccccc2)NC(=O)c2cnccn2)Oc2cc(OC)ccc21.